The summed E-state index contributed by atoms with van der Waals surface area (Å²) in [5.41, 5.74) is -1.93. The lowest BCUT2D eigenvalue weighted by atomic mass is 10.1. The fraction of sp³-hybridized carbons (Fsp3) is 0.526. The number of rotatable bonds is 12. The molecule has 0 aliphatic rings. The molecule has 0 radical (unpaired) electrons. The lowest BCUT2D eigenvalue weighted by Gasteiger charge is -2.09. The number of aromatic nitrogens is 3. The minimum Gasteiger partial charge on any atom is -0.247 e. The largest absolute Gasteiger partial charge is 0.340 e. The fourth-order valence-electron chi connectivity index (χ4n) is 2.57. The zero-order valence-electron chi connectivity index (χ0n) is 15.2. The minimum absolute atomic E-state index is 0.0559. The van der Waals surface area contributed by atoms with Gasteiger partial charge in [-0.25, -0.2) is 28.1 Å². The maximum absolute atomic E-state index is 12.4. The first kappa shape index (κ1) is 20.7. The molecule has 6 nitrogen and oxygen atoms in total. The van der Waals surface area contributed by atoms with Crippen LogP contribution in [0.15, 0.2) is 45.8 Å². The molecule has 0 saturated heterocycles. The second-order valence-corrected chi connectivity index (χ2v) is 5.96. The third-order valence-electron chi connectivity index (χ3n) is 3.94. The van der Waals surface area contributed by atoms with Gasteiger partial charge in [-0.1, -0.05) is 57.3 Å². The summed E-state index contributed by atoms with van der Waals surface area (Å²) in [6.45, 7) is 9.40. The van der Waals surface area contributed by atoms with Crippen LogP contribution in [0.4, 0.5) is 0 Å². The van der Waals surface area contributed by atoms with Crippen molar-refractivity contribution in [3.63, 3.8) is 0 Å². The zero-order chi connectivity index (χ0) is 18.7. The Balaban J connectivity index is 2.95. The third-order valence-corrected chi connectivity index (χ3v) is 3.94. The minimum atomic E-state index is -0.644. The van der Waals surface area contributed by atoms with Crippen molar-refractivity contribution < 1.29 is 0 Å². The van der Waals surface area contributed by atoms with Crippen molar-refractivity contribution in [3.8, 4) is 0 Å². The van der Waals surface area contributed by atoms with Crippen LogP contribution >= 0.6 is 0 Å². The molecule has 1 aromatic heterocycles. The first-order chi connectivity index (χ1) is 12.1. The lowest BCUT2D eigenvalue weighted by Crippen LogP contribution is -2.53. The van der Waals surface area contributed by atoms with E-state index in [0.717, 1.165) is 33.0 Å². The van der Waals surface area contributed by atoms with Gasteiger partial charge in [-0.05, 0) is 12.8 Å². The first-order valence-corrected chi connectivity index (χ1v) is 8.93. The van der Waals surface area contributed by atoms with Gasteiger partial charge < -0.3 is 0 Å². The summed E-state index contributed by atoms with van der Waals surface area (Å²) in [5.74, 6) is 0. The van der Waals surface area contributed by atoms with E-state index in [9.17, 15) is 14.4 Å². The van der Waals surface area contributed by atoms with Crippen LogP contribution in [0.1, 0.15) is 51.9 Å². The van der Waals surface area contributed by atoms with E-state index in [1.165, 1.54) is 44.0 Å². The summed E-state index contributed by atoms with van der Waals surface area (Å²) in [7, 11) is 0. The normalized spacial score (nSPS) is 11.1. The Morgan fingerprint density at radius 2 is 1.32 bits per heavy atom. The highest BCUT2D eigenvalue weighted by Crippen LogP contribution is 2.07. The number of hydrogen-bond donors (Lipinski definition) is 0. The number of unbranched alkanes of at least 4 members (excludes halogenated alkanes) is 6. The van der Waals surface area contributed by atoms with E-state index in [4.69, 9.17) is 0 Å². The van der Waals surface area contributed by atoms with Crippen LogP contribution < -0.4 is 17.1 Å². The predicted molar refractivity (Wildman–Crippen MR) is 103 cm³/mol. The maximum atomic E-state index is 12.4. The van der Waals surface area contributed by atoms with E-state index in [1.54, 1.807) is 0 Å². The summed E-state index contributed by atoms with van der Waals surface area (Å²) in [5, 5.41) is 0. The van der Waals surface area contributed by atoms with Crippen molar-refractivity contribution in [2.75, 3.05) is 0 Å². The van der Waals surface area contributed by atoms with Crippen molar-refractivity contribution in [3.05, 3.63) is 62.8 Å². The number of allylic oxidation sites excluding steroid dienone is 3. The van der Waals surface area contributed by atoms with Crippen molar-refractivity contribution in [1.29, 1.82) is 0 Å². The molecule has 6 heteroatoms. The van der Waals surface area contributed by atoms with Gasteiger partial charge in [-0.15, -0.1) is 13.2 Å². The lowest BCUT2D eigenvalue weighted by molar-refractivity contribution is 0.547. The highest BCUT2D eigenvalue weighted by Gasteiger charge is 2.12. The van der Waals surface area contributed by atoms with Crippen molar-refractivity contribution in [2.45, 2.75) is 65.0 Å². The molecule has 1 heterocycles. The molecule has 0 bridgehead atoms. The van der Waals surface area contributed by atoms with Crippen LogP contribution in [-0.2, 0) is 13.1 Å². The highest BCUT2D eigenvalue weighted by atomic mass is 16.2. The van der Waals surface area contributed by atoms with Crippen LogP contribution in [-0.4, -0.2) is 13.7 Å². The van der Waals surface area contributed by atoms with E-state index in [2.05, 4.69) is 20.1 Å². The Morgan fingerprint density at radius 3 is 1.84 bits per heavy atom. The molecule has 0 aliphatic heterocycles. The second-order valence-electron chi connectivity index (χ2n) is 5.96. The van der Waals surface area contributed by atoms with Crippen LogP contribution in [0, 0.1) is 0 Å². The van der Waals surface area contributed by atoms with Gasteiger partial charge in [0.1, 0.15) is 0 Å². The van der Waals surface area contributed by atoms with Gasteiger partial charge in [0.15, 0.2) is 0 Å². The van der Waals surface area contributed by atoms with Crippen molar-refractivity contribution in [1.82, 2.24) is 13.7 Å². The highest BCUT2D eigenvalue weighted by molar-refractivity contribution is 5.20. The standard InChI is InChI=1S/C19H29N3O3/c1-4-7-8-9-10-11-12-13-16-22-18(24)20(14-5-2)17(23)21(15-6-3)19(22)25/h5-6,13,16H,2-4,7-12,14-15H2,1H3. The van der Waals surface area contributed by atoms with Crippen LogP contribution in [0.3, 0.4) is 0 Å². The Bertz CT molecular complexity index is 717. The number of nitrogens with zero attached hydrogens (tertiary/aromatic N) is 3. The summed E-state index contributed by atoms with van der Waals surface area (Å²) in [4.78, 5) is 37.0. The van der Waals surface area contributed by atoms with E-state index >= 15 is 0 Å². The molecule has 1 rings (SSSR count). The van der Waals surface area contributed by atoms with Crippen molar-refractivity contribution >= 4 is 6.20 Å². The maximum Gasteiger partial charge on any atom is 0.340 e. The number of hydrogen-bond acceptors (Lipinski definition) is 3. The third kappa shape index (κ3) is 5.89. The smallest absolute Gasteiger partial charge is 0.247 e. The van der Waals surface area contributed by atoms with Crippen molar-refractivity contribution in [2.24, 2.45) is 0 Å². The molecule has 25 heavy (non-hydrogen) atoms. The van der Waals surface area contributed by atoms with Gasteiger partial charge in [0.2, 0.25) is 0 Å². The predicted octanol–water partition coefficient (Wildman–Crippen LogP) is 2.77. The second kappa shape index (κ2) is 11.2. The molecule has 0 amide bonds. The summed E-state index contributed by atoms with van der Waals surface area (Å²) < 4.78 is 2.96. The Hall–Kier alpha value is -2.37. The van der Waals surface area contributed by atoms with E-state index in [1.807, 2.05) is 6.08 Å². The Labute approximate surface area is 148 Å². The SMILES string of the molecule is C=CCn1c(=O)n(C=CCCCCCCCC)c(=O)n(CC=C)c1=O. The molecule has 0 aliphatic carbocycles. The molecule has 0 spiro atoms. The Morgan fingerprint density at radius 1 is 0.800 bits per heavy atom. The van der Waals surface area contributed by atoms with Crippen LogP contribution in [0.2, 0.25) is 0 Å². The van der Waals surface area contributed by atoms with Gasteiger partial charge in [-0.2, -0.15) is 0 Å². The summed E-state index contributed by atoms with van der Waals surface area (Å²) >= 11 is 0. The van der Waals surface area contributed by atoms with E-state index < -0.39 is 17.1 Å². The topological polar surface area (TPSA) is 66.0 Å². The van der Waals surface area contributed by atoms with Crippen LogP contribution in [0.25, 0.3) is 6.20 Å². The summed E-state index contributed by atoms with van der Waals surface area (Å²) in [6, 6.07) is 0. The van der Waals surface area contributed by atoms with Gasteiger partial charge in [0.25, 0.3) is 0 Å². The average Bonchev–Trinajstić information content (AvgIpc) is 2.60. The van der Waals surface area contributed by atoms with Crippen LogP contribution in [0.5, 0.6) is 0 Å². The molecular formula is C19H29N3O3. The molecule has 0 atom stereocenters. The van der Waals surface area contributed by atoms with Gasteiger partial charge in [0, 0.05) is 6.20 Å². The van der Waals surface area contributed by atoms with Gasteiger partial charge >= 0.3 is 17.1 Å². The monoisotopic (exact) mass is 347 g/mol. The Kier molecular flexibility index (Phi) is 9.29. The molecule has 0 saturated carbocycles. The molecule has 0 unspecified atom stereocenters. The molecular weight excluding hydrogens is 318 g/mol. The van der Waals surface area contributed by atoms with E-state index in [-0.39, 0.29) is 13.1 Å². The molecule has 0 fully saturated rings. The zero-order valence-corrected chi connectivity index (χ0v) is 15.2. The molecule has 0 N–H and O–H groups in total. The molecule has 0 aromatic carbocycles. The fourth-order valence-corrected chi connectivity index (χ4v) is 2.57. The summed E-state index contributed by atoms with van der Waals surface area (Å²) in [6.07, 6.45) is 14.1. The first-order valence-electron chi connectivity index (χ1n) is 8.93. The molecule has 1 aromatic rings. The quantitative estimate of drug-likeness (QED) is 0.431. The van der Waals surface area contributed by atoms with E-state index in [0.29, 0.717) is 0 Å². The van der Waals surface area contributed by atoms with Gasteiger partial charge in [-0.3, -0.25) is 0 Å². The molecule has 138 valence electrons. The average molecular weight is 347 g/mol. The van der Waals surface area contributed by atoms with Gasteiger partial charge in [0.05, 0.1) is 13.1 Å².